The van der Waals surface area contributed by atoms with E-state index in [0.717, 1.165) is 24.3 Å². The first kappa shape index (κ1) is 13.5. The van der Waals surface area contributed by atoms with Crippen LogP contribution >= 0.6 is 23.1 Å². The molecular weight excluding hydrogens is 242 g/mol. The van der Waals surface area contributed by atoms with E-state index < -0.39 is 5.97 Å². The zero-order valence-corrected chi connectivity index (χ0v) is 11.2. The first-order valence-electron chi connectivity index (χ1n) is 5.37. The van der Waals surface area contributed by atoms with Crippen LogP contribution in [0.25, 0.3) is 0 Å². The smallest absolute Gasteiger partial charge is 0.307 e. The van der Waals surface area contributed by atoms with Gasteiger partial charge in [-0.15, -0.1) is 11.3 Å². The zero-order valence-electron chi connectivity index (χ0n) is 9.60. The Kier molecular flexibility index (Phi) is 5.84. The monoisotopic (exact) mass is 259 g/mol. The minimum absolute atomic E-state index is 0.279. The van der Waals surface area contributed by atoms with Gasteiger partial charge in [-0.3, -0.25) is 4.79 Å². The molecule has 0 aliphatic carbocycles. The lowest BCUT2D eigenvalue weighted by atomic mass is 10.2. The molecule has 0 aliphatic rings. The van der Waals surface area contributed by atoms with Gasteiger partial charge < -0.3 is 5.11 Å². The molecule has 1 unspecified atom stereocenters. The Morgan fingerprint density at radius 1 is 1.69 bits per heavy atom. The number of nitrogens with zero attached hydrogens (tertiary/aromatic N) is 1. The largest absolute Gasteiger partial charge is 0.481 e. The van der Waals surface area contributed by atoms with Gasteiger partial charge in [-0.1, -0.05) is 13.8 Å². The van der Waals surface area contributed by atoms with Crippen molar-refractivity contribution in [2.75, 3.05) is 5.75 Å². The minimum atomic E-state index is -0.725. The van der Waals surface area contributed by atoms with Crippen LogP contribution in [-0.4, -0.2) is 21.8 Å². The molecule has 1 N–H and O–H groups in total. The van der Waals surface area contributed by atoms with Gasteiger partial charge in [0.1, 0.15) is 0 Å². The molecular formula is C11H17NO2S2. The van der Waals surface area contributed by atoms with Crippen LogP contribution in [0.2, 0.25) is 0 Å². The summed E-state index contributed by atoms with van der Waals surface area (Å²) in [5, 5.41) is 12.0. The Morgan fingerprint density at radius 2 is 2.44 bits per heavy atom. The molecule has 5 heteroatoms. The number of hydrogen-bond acceptors (Lipinski definition) is 4. The zero-order chi connectivity index (χ0) is 12.0. The first-order valence-corrected chi connectivity index (χ1v) is 7.40. The van der Waals surface area contributed by atoms with E-state index in [-0.39, 0.29) is 5.92 Å². The predicted octanol–water partition coefficient (Wildman–Crippen LogP) is 3.05. The Morgan fingerprint density at radius 3 is 3.06 bits per heavy atom. The van der Waals surface area contributed by atoms with Crippen LogP contribution in [0.15, 0.2) is 5.38 Å². The second-order valence-electron chi connectivity index (χ2n) is 3.74. The van der Waals surface area contributed by atoms with Crippen LogP contribution in [0.1, 0.15) is 31.0 Å². The van der Waals surface area contributed by atoms with Crippen LogP contribution in [0, 0.1) is 5.92 Å². The van der Waals surface area contributed by atoms with E-state index in [0.29, 0.717) is 5.75 Å². The fourth-order valence-electron chi connectivity index (χ4n) is 1.16. The van der Waals surface area contributed by atoms with Gasteiger partial charge in [-0.2, -0.15) is 11.8 Å². The highest BCUT2D eigenvalue weighted by Crippen LogP contribution is 2.18. The maximum Gasteiger partial charge on any atom is 0.307 e. The van der Waals surface area contributed by atoms with E-state index in [2.05, 4.69) is 17.3 Å². The summed E-state index contributed by atoms with van der Waals surface area (Å²) in [6.45, 7) is 3.88. The number of carbonyl (C=O) groups is 1. The molecule has 1 aromatic heterocycles. The fourth-order valence-corrected chi connectivity index (χ4v) is 3.13. The number of hydrogen-bond donors (Lipinski definition) is 1. The van der Waals surface area contributed by atoms with Crippen molar-refractivity contribution in [3.8, 4) is 0 Å². The third-order valence-corrected chi connectivity index (χ3v) is 4.30. The number of carboxylic acids is 1. The highest BCUT2D eigenvalue weighted by molar-refractivity contribution is 7.98. The van der Waals surface area contributed by atoms with Crippen molar-refractivity contribution in [3.05, 3.63) is 16.1 Å². The molecule has 1 atom stereocenters. The summed E-state index contributed by atoms with van der Waals surface area (Å²) in [6.07, 6.45) is 2.16. The molecule has 0 aromatic carbocycles. The molecule has 90 valence electrons. The highest BCUT2D eigenvalue weighted by Gasteiger charge is 2.10. The van der Waals surface area contributed by atoms with Crippen molar-refractivity contribution in [3.63, 3.8) is 0 Å². The van der Waals surface area contributed by atoms with E-state index in [1.807, 2.05) is 0 Å². The van der Waals surface area contributed by atoms with Gasteiger partial charge in [0.15, 0.2) is 0 Å². The summed E-state index contributed by atoms with van der Waals surface area (Å²) < 4.78 is 0. The van der Waals surface area contributed by atoms with E-state index in [4.69, 9.17) is 5.11 Å². The summed E-state index contributed by atoms with van der Waals surface area (Å²) in [6, 6.07) is 0. The van der Waals surface area contributed by atoms with E-state index in [1.165, 1.54) is 5.01 Å². The van der Waals surface area contributed by atoms with Crippen LogP contribution in [0.4, 0.5) is 0 Å². The predicted molar refractivity (Wildman–Crippen MR) is 69.1 cm³/mol. The van der Waals surface area contributed by atoms with Crippen molar-refractivity contribution >= 4 is 29.1 Å². The van der Waals surface area contributed by atoms with Gasteiger partial charge in [-0.05, 0) is 12.8 Å². The van der Waals surface area contributed by atoms with Crippen molar-refractivity contribution in [1.82, 2.24) is 4.98 Å². The molecule has 0 saturated carbocycles. The highest BCUT2D eigenvalue weighted by atomic mass is 32.2. The Bertz CT molecular complexity index is 338. The summed E-state index contributed by atoms with van der Waals surface area (Å²) in [7, 11) is 0. The summed E-state index contributed by atoms with van der Waals surface area (Å²) in [5.41, 5.74) is 1.08. The molecule has 0 aliphatic heterocycles. The lowest BCUT2D eigenvalue weighted by molar-refractivity contribution is -0.140. The van der Waals surface area contributed by atoms with Gasteiger partial charge in [-0.25, -0.2) is 4.98 Å². The Balaban J connectivity index is 2.29. The molecule has 1 rings (SSSR count). The van der Waals surface area contributed by atoms with Crippen LogP contribution in [-0.2, 0) is 17.0 Å². The normalized spacial score (nSPS) is 12.6. The summed E-state index contributed by atoms with van der Waals surface area (Å²) in [5.74, 6) is 0.463. The standard InChI is InChI=1S/C11H17NO2S2/c1-3-4-10-12-9(7-16-10)6-15-5-8(2)11(13)14/h7-8H,3-6H2,1-2H3,(H,13,14). The van der Waals surface area contributed by atoms with Gasteiger partial charge in [0.2, 0.25) is 0 Å². The van der Waals surface area contributed by atoms with Gasteiger partial charge in [0, 0.05) is 16.9 Å². The van der Waals surface area contributed by atoms with Crippen molar-refractivity contribution in [2.45, 2.75) is 32.4 Å². The van der Waals surface area contributed by atoms with Crippen molar-refractivity contribution in [1.29, 1.82) is 0 Å². The number of thioether (sulfide) groups is 1. The Hall–Kier alpha value is -0.550. The Labute approximate surface area is 104 Å². The topological polar surface area (TPSA) is 50.2 Å². The number of aliphatic carboxylic acids is 1. The maximum atomic E-state index is 10.6. The lowest BCUT2D eigenvalue weighted by Gasteiger charge is -2.03. The first-order chi connectivity index (χ1) is 7.63. The quantitative estimate of drug-likeness (QED) is 0.817. The SMILES string of the molecule is CCCc1nc(CSCC(C)C(=O)O)cs1. The number of carboxylic acid groups (broad SMARTS) is 1. The molecule has 0 amide bonds. The van der Waals surface area contributed by atoms with E-state index in [1.54, 1.807) is 30.0 Å². The number of aromatic nitrogens is 1. The second kappa shape index (κ2) is 6.91. The maximum absolute atomic E-state index is 10.6. The molecule has 0 fully saturated rings. The summed E-state index contributed by atoms with van der Waals surface area (Å²) in [4.78, 5) is 15.1. The molecule has 1 heterocycles. The molecule has 0 spiro atoms. The number of thiazole rings is 1. The van der Waals surface area contributed by atoms with E-state index >= 15 is 0 Å². The van der Waals surface area contributed by atoms with Crippen LogP contribution < -0.4 is 0 Å². The van der Waals surface area contributed by atoms with Gasteiger partial charge >= 0.3 is 5.97 Å². The average molecular weight is 259 g/mol. The van der Waals surface area contributed by atoms with Gasteiger partial charge in [0.05, 0.1) is 16.6 Å². The summed E-state index contributed by atoms with van der Waals surface area (Å²) >= 11 is 3.34. The van der Waals surface area contributed by atoms with Crippen molar-refractivity contribution in [2.24, 2.45) is 5.92 Å². The average Bonchev–Trinajstić information content (AvgIpc) is 2.66. The lowest BCUT2D eigenvalue weighted by Crippen LogP contribution is -2.11. The second-order valence-corrected chi connectivity index (χ2v) is 5.71. The third kappa shape index (κ3) is 4.53. The van der Waals surface area contributed by atoms with Gasteiger partial charge in [0.25, 0.3) is 0 Å². The molecule has 0 saturated heterocycles. The third-order valence-electron chi connectivity index (χ3n) is 2.10. The molecule has 0 radical (unpaired) electrons. The molecule has 16 heavy (non-hydrogen) atoms. The molecule has 0 bridgehead atoms. The molecule has 1 aromatic rings. The van der Waals surface area contributed by atoms with Crippen molar-refractivity contribution < 1.29 is 9.90 Å². The fraction of sp³-hybridized carbons (Fsp3) is 0.636. The van der Waals surface area contributed by atoms with Crippen LogP contribution in [0.3, 0.4) is 0 Å². The molecule has 3 nitrogen and oxygen atoms in total. The number of rotatable bonds is 7. The number of aryl methyl sites for hydroxylation is 1. The van der Waals surface area contributed by atoms with E-state index in [9.17, 15) is 4.79 Å². The minimum Gasteiger partial charge on any atom is -0.481 e. The van der Waals surface area contributed by atoms with Crippen LogP contribution in [0.5, 0.6) is 0 Å².